The Kier molecular flexibility index (Phi) is 6.12. The highest BCUT2D eigenvalue weighted by atomic mass is 16.6. The van der Waals surface area contributed by atoms with Crippen molar-refractivity contribution in [1.82, 2.24) is 15.5 Å². The molecule has 0 saturated carbocycles. The second-order valence-electron chi connectivity index (χ2n) is 7.83. The van der Waals surface area contributed by atoms with Crippen LogP contribution in [0.15, 0.2) is 30.3 Å². The molecule has 140 valence electrons. The van der Waals surface area contributed by atoms with Crippen LogP contribution in [0.25, 0.3) is 0 Å². The number of hydrogen-bond donors (Lipinski definition) is 2. The molecule has 0 spiro atoms. The second kappa shape index (κ2) is 7.75. The molecule has 1 aliphatic heterocycles. The highest BCUT2D eigenvalue weighted by molar-refractivity contribution is 5.68. The summed E-state index contributed by atoms with van der Waals surface area (Å²) in [5.74, 6) is 0. The summed E-state index contributed by atoms with van der Waals surface area (Å²) in [7, 11) is 1.83. The van der Waals surface area contributed by atoms with E-state index in [0.29, 0.717) is 0 Å². The van der Waals surface area contributed by atoms with E-state index in [1.807, 2.05) is 33.9 Å². The lowest BCUT2D eigenvalue weighted by Crippen LogP contribution is -2.64. The Balaban J connectivity index is 2.18. The molecule has 1 aliphatic rings. The van der Waals surface area contributed by atoms with Crippen LogP contribution in [0.2, 0.25) is 0 Å². The minimum absolute atomic E-state index is 0.000984. The highest BCUT2D eigenvalue weighted by Crippen LogP contribution is 2.30. The minimum Gasteiger partial charge on any atom is -0.444 e. The number of nitrogens with one attached hydrogen (secondary N) is 2. The summed E-state index contributed by atoms with van der Waals surface area (Å²) in [6.45, 7) is 10.8. The maximum Gasteiger partial charge on any atom is 0.410 e. The van der Waals surface area contributed by atoms with Crippen molar-refractivity contribution in [2.24, 2.45) is 0 Å². The Morgan fingerprint density at radius 2 is 1.96 bits per heavy atom. The van der Waals surface area contributed by atoms with Crippen molar-refractivity contribution in [3.63, 3.8) is 0 Å². The lowest BCUT2D eigenvalue weighted by atomic mass is 9.94. The third-order valence-corrected chi connectivity index (χ3v) is 4.92. The van der Waals surface area contributed by atoms with Crippen molar-refractivity contribution < 1.29 is 9.53 Å². The molecule has 2 N–H and O–H groups in total. The predicted molar refractivity (Wildman–Crippen MR) is 101 cm³/mol. The van der Waals surface area contributed by atoms with Gasteiger partial charge in [-0.05, 0) is 39.2 Å². The summed E-state index contributed by atoms with van der Waals surface area (Å²) >= 11 is 0. The molecule has 2 unspecified atom stereocenters. The van der Waals surface area contributed by atoms with Crippen LogP contribution in [-0.4, -0.2) is 41.9 Å². The number of carbonyl (C=O) groups excluding carboxylic acids is 1. The Morgan fingerprint density at radius 3 is 2.48 bits per heavy atom. The normalized spacial score (nSPS) is 24.8. The van der Waals surface area contributed by atoms with Gasteiger partial charge in [-0.2, -0.15) is 0 Å². The highest BCUT2D eigenvalue weighted by Gasteiger charge is 2.46. The molecule has 0 aromatic heterocycles. The quantitative estimate of drug-likeness (QED) is 0.853. The van der Waals surface area contributed by atoms with Crippen molar-refractivity contribution >= 4 is 6.09 Å². The SMILES string of the molecule is CCC(N(C)C(=O)OC(C)(C)C)C1(CC)NC[C@@H](c2ccccc2)N1. The van der Waals surface area contributed by atoms with Crippen LogP contribution in [0.1, 0.15) is 59.1 Å². The largest absolute Gasteiger partial charge is 0.444 e. The fraction of sp³-hybridized carbons (Fsp3) is 0.650. The Morgan fingerprint density at radius 1 is 1.32 bits per heavy atom. The number of hydrogen-bond acceptors (Lipinski definition) is 4. The maximum absolute atomic E-state index is 12.6. The zero-order valence-corrected chi connectivity index (χ0v) is 16.4. The Hall–Kier alpha value is -1.59. The topological polar surface area (TPSA) is 53.6 Å². The van der Waals surface area contributed by atoms with Gasteiger partial charge in [0.1, 0.15) is 5.60 Å². The number of rotatable bonds is 5. The van der Waals surface area contributed by atoms with E-state index < -0.39 is 5.60 Å². The average Bonchev–Trinajstić information content (AvgIpc) is 3.00. The minimum atomic E-state index is -0.494. The first-order chi connectivity index (χ1) is 11.7. The molecule has 0 aliphatic carbocycles. The third-order valence-electron chi connectivity index (χ3n) is 4.92. The zero-order valence-electron chi connectivity index (χ0n) is 16.4. The molecule has 1 amide bonds. The van der Waals surface area contributed by atoms with Gasteiger partial charge in [-0.1, -0.05) is 44.2 Å². The number of nitrogens with zero attached hydrogens (tertiary/aromatic N) is 1. The molecule has 1 aromatic carbocycles. The van der Waals surface area contributed by atoms with Crippen molar-refractivity contribution in [1.29, 1.82) is 0 Å². The molecule has 5 nitrogen and oxygen atoms in total. The summed E-state index contributed by atoms with van der Waals surface area (Å²) in [5, 5.41) is 7.42. The molecule has 25 heavy (non-hydrogen) atoms. The monoisotopic (exact) mass is 347 g/mol. The summed E-state index contributed by atoms with van der Waals surface area (Å²) in [6.07, 6.45) is 1.44. The van der Waals surface area contributed by atoms with Gasteiger partial charge in [-0.25, -0.2) is 4.79 Å². The van der Waals surface area contributed by atoms with Gasteiger partial charge >= 0.3 is 6.09 Å². The van der Waals surface area contributed by atoms with Gasteiger partial charge in [0.15, 0.2) is 0 Å². The maximum atomic E-state index is 12.6. The molecule has 0 bridgehead atoms. The van der Waals surface area contributed by atoms with Gasteiger partial charge in [-0.3, -0.25) is 10.6 Å². The smallest absolute Gasteiger partial charge is 0.410 e. The van der Waals surface area contributed by atoms with Gasteiger partial charge in [0.25, 0.3) is 0 Å². The summed E-state index contributed by atoms with van der Waals surface area (Å²) in [5.41, 5.74) is 0.452. The lowest BCUT2D eigenvalue weighted by Gasteiger charge is -2.42. The fourth-order valence-corrected chi connectivity index (χ4v) is 3.67. The van der Waals surface area contributed by atoms with Crippen molar-refractivity contribution in [3.05, 3.63) is 35.9 Å². The van der Waals surface area contributed by atoms with E-state index in [1.165, 1.54) is 5.56 Å². The molecular weight excluding hydrogens is 314 g/mol. The van der Waals surface area contributed by atoms with E-state index in [0.717, 1.165) is 19.4 Å². The molecule has 1 aromatic rings. The predicted octanol–water partition coefficient (Wildman–Crippen LogP) is 3.67. The first-order valence-corrected chi connectivity index (χ1v) is 9.26. The van der Waals surface area contributed by atoms with E-state index in [-0.39, 0.29) is 23.8 Å². The van der Waals surface area contributed by atoms with Gasteiger partial charge in [0.05, 0.1) is 11.7 Å². The van der Waals surface area contributed by atoms with E-state index >= 15 is 0 Å². The molecule has 5 heteroatoms. The van der Waals surface area contributed by atoms with Crippen LogP contribution in [-0.2, 0) is 4.74 Å². The number of ether oxygens (including phenoxy) is 1. The van der Waals surface area contributed by atoms with E-state index in [4.69, 9.17) is 4.74 Å². The summed E-state index contributed by atoms with van der Waals surface area (Å²) < 4.78 is 5.57. The molecule has 2 rings (SSSR count). The van der Waals surface area contributed by atoms with Gasteiger partial charge in [0, 0.05) is 19.6 Å². The molecule has 0 radical (unpaired) electrons. The van der Waals surface area contributed by atoms with Crippen LogP contribution in [0.4, 0.5) is 4.79 Å². The van der Waals surface area contributed by atoms with Gasteiger partial charge in [-0.15, -0.1) is 0 Å². The number of amides is 1. The van der Waals surface area contributed by atoms with Crippen LogP contribution in [0.3, 0.4) is 0 Å². The van der Waals surface area contributed by atoms with Crippen molar-refractivity contribution in [2.45, 2.75) is 70.8 Å². The molecule has 1 fully saturated rings. The Labute approximate surface area is 152 Å². The average molecular weight is 348 g/mol. The number of likely N-dealkylation sites (N-methyl/N-ethyl adjacent to an activating group) is 1. The molecule has 3 atom stereocenters. The third kappa shape index (κ3) is 4.53. The van der Waals surface area contributed by atoms with Crippen LogP contribution < -0.4 is 10.6 Å². The van der Waals surface area contributed by atoms with Crippen LogP contribution >= 0.6 is 0 Å². The molecular formula is C20H33N3O2. The number of benzene rings is 1. The summed E-state index contributed by atoms with van der Waals surface area (Å²) in [6, 6.07) is 10.7. The first kappa shape index (κ1) is 19.7. The van der Waals surface area contributed by atoms with Gasteiger partial charge in [0.2, 0.25) is 0 Å². The van der Waals surface area contributed by atoms with Crippen LogP contribution in [0, 0.1) is 0 Å². The van der Waals surface area contributed by atoms with Crippen molar-refractivity contribution in [2.75, 3.05) is 13.6 Å². The lowest BCUT2D eigenvalue weighted by molar-refractivity contribution is 0.00791. The van der Waals surface area contributed by atoms with E-state index in [2.05, 4.69) is 48.7 Å². The Bertz CT molecular complexity index is 570. The van der Waals surface area contributed by atoms with Crippen molar-refractivity contribution in [3.8, 4) is 0 Å². The van der Waals surface area contributed by atoms with E-state index in [9.17, 15) is 4.79 Å². The fourth-order valence-electron chi connectivity index (χ4n) is 3.67. The second-order valence-corrected chi connectivity index (χ2v) is 7.83. The number of carbonyl (C=O) groups is 1. The van der Waals surface area contributed by atoms with E-state index in [1.54, 1.807) is 4.90 Å². The standard InChI is InChI=1S/C20H33N3O2/c1-7-17(23(6)18(24)25-19(3,4)5)20(8-2)21-14-16(22-20)15-12-10-9-11-13-15/h9-13,16-17,21-22H,7-8,14H2,1-6H3/t16-,17?,20?/m0/s1. The van der Waals surface area contributed by atoms with Gasteiger partial charge < -0.3 is 9.64 Å². The first-order valence-electron chi connectivity index (χ1n) is 9.26. The summed E-state index contributed by atoms with van der Waals surface area (Å²) in [4.78, 5) is 14.3. The zero-order chi connectivity index (χ0) is 18.7. The molecule has 1 saturated heterocycles. The van der Waals surface area contributed by atoms with Crippen LogP contribution in [0.5, 0.6) is 0 Å². The molecule has 1 heterocycles.